The maximum Gasteiger partial charge on any atom is 0.129 e. The van der Waals surface area contributed by atoms with Crippen LogP contribution >= 0.6 is 11.6 Å². The van der Waals surface area contributed by atoms with Gasteiger partial charge in [0, 0.05) is 25.2 Å². The van der Waals surface area contributed by atoms with Gasteiger partial charge in [0.1, 0.15) is 5.82 Å². The highest BCUT2D eigenvalue weighted by atomic mass is 35.5. The van der Waals surface area contributed by atoms with Crippen LogP contribution in [-0.4, -0.2) is 12.0 Å². The Morgan fingerprint density at radius 2 is 1.80 bits per heavy atom. The molecule has 0 saturated heterocycles. The number of pyridine rings is 1. The molecule has 0 unspecified atom stereocenters. The van der Waals surface area contributed by atoms with E-state index in [-0.39, 0.29) is 0 Å². The normalized spacial score (nSPS) is 10.8. The minimum Gasteiger partial charge on any atom is -0.355 e. The number of alkyl halides is 1. The molecule has 2 rings (SSSR count). The number of hydrogen-bond acceptors (Lipinski definition) is 2. The van der Waals surface area contributed by atoms with E-state index in [9.17, 15) is 0 Å². The Balaban J connectivity index is 2.24. The Hall–Kier alpha value is -1.54. The predicted octanol–water partition coefficient (Wildman–Crippen LogP) is 4.58. The first-order chi connectivity index (χ1) is 9.60. The molecular weight excluding hydrogens is 268 g/mol. The van der Waals surface area contributed by atoms with Gasteiger partial charge in [-0.15, -0.1) is 11.6 Å². The molecule has 0 aliphatic carbocycles. The summed E-state index contributed by atoms with van der Waals surface area (Å²) in [5.41, 5.74) is 3.50. The summed E-state index contributed by atoms with van der Waals surface area (Å²) in [6.07, 6.45) is 0. The second-order valence-electron chi connectivity index (χ2n) is 5.39. The Morgan fingerprint density at radius 1 is 1.10 bits per heavy atom. The third-order valence-electron chi connectivity index (χ3n) is 3.29. The third kappa shape index (κ3) is 3.73. The summed E-state index contributed by atoms with van der Waals surface area (Å²) in [6.45, 7) is 5.15. The van der Waals surface area contributed by atoms with Gasteiger partial charge in [-0.1, -0.05) is 44.2 Å². The van der Waals surface area contributed by atoms with Crippen molar-refractivity contribution in [2.75, 3.05) is 11.9 Å². The lowest BCUT2D eigenvalue weighted by atomic mass is 10.1. The topological polar surface area (TPSA) is 16.1 Å². The number of benzene rings is 1. The van der Waals surface area contributed by atoms with Crippen LogP contribution in [0.5, 0.6) is 0 Å². The average molecular weight is 289 g/mol. The van der Waals surface area contributed by atoms with E-state index in [1.807, 2.05) is 6.07 Å². The van der Waals surface area contributed by atoms with Crippen LogP contribution in [0.4, 0.5) is 5.82 Å². The van der Waals surface area contributed by atoms with E-state index in [0.29, 0.717) is 11.8 Å². The molecule has 1 heterocycles. The van der Waals surface area contributed by atoms with Crippen LogP contribution < -0.4 is 4.90 Å². The number of hydrogen-bond donors (Lipinski definition) is 0. The fourth-order valence-corrected chi connectivity index (χ4v) is 2.26. The Bertz CT molecular complexity index is 552. The van der Waals surface area contributed by atoms with Crippen molar-refractivity contribution < 1.29 is 0 Å². The van der Waals surface area contributed by atoms with Crippen molar-refractivity contribution in [3.63, 3.8) is 0 Å². The number of anilines is 1. The highest BCUT2D eigenvalue weighted by Gasteiger charge is 2.09. The molecule has 2 aromatic rings. The molecule has 20 heavy (non-hydrogen) atoms. The van der Waals surface area contributed by atoms with Crippen molar-refractivity contribution in [3.8, 4) is 0 Å². The number of rotatable bonds is 5. The average Bonchev–Trinajstić information content (AvgIpc) is 2.47. The van der Waals surface area contributed by atoms with E-state index >= 15 is 0 Å². The fourth-order valence-electron chi connectivity index (χ4n) is 2.10. The van der Waals surface area contributed by atoms with Crippen molar-refractivity contribution in [2.24, 2.45) is 0 Å². The summed E-state index contributed by atoms with van der Waals surface area (Å²) in [6, 6.07) is 14.6. The lowest BCUT2D eigenvalue weighted by Gasteiger charge is -2.20. The third-order valence-corrected chi connectivity index (χ3v) is 3.60. The molecule has 0 saturated carbocycles. The van der Waals surface area contributed by atoms with Crippen LogP contribution in [0.2, 0.25) is 0 Å². The highest BCUT2D eigenvalue weighted by molar-refractivity contribution is 6.17. The molecule has 0 amide bonds. The zero-order chi connectivity index (χ0) is 14.5. The molecule has 0 aliphatic rings. The fraction of sp³-hybridized carbons (Fsp3) is 0.353. The highest BCUT2D eigenvalue weighted by Crippen LogP contribution is 2.21. The van der Waals surface area contributed by atoms with Crippen LogP contribution in [0.15, 0.2) is 42.5 Å². The van der Waals surface area contributed by atoms with Crippen molar-refractivity contribution in [3.05, 3.63) is 59.3 Å². The first kappa shape index (κ1) is 14.9. The largest absolute Gasteiger partial charge is 0.355 e. The van der Waals surface area contributed by atoms with Crippen LogP contribution in [0.1, 0.15) is 36.6 Å². The van der Waals surface area contributed by atoms with E-state index in [2.05, 4.69) is 62.2 Å². The lowest BCUT2D eigenvalue weighted by Crippen LogP contribution is -2.18. The van der Waals surface area contributed by atoms with Gasteiger partial charge in [0.2, 0.25) is 0 Å². The zero-order valence-electron chi connectivity index (χ0n) is 12.3. The summed E-state index contributed by atoms with van der Waals surface area (Å²) < 4.78 is 0. The van der Waals surface area contributed by atoms with Crippen molar-refractivity contribution in [1.29, 1.82) is 0 Å². The van der Waals surface area contributed by atoms with Crippen molar-refractivity contribution in [2.45, 2.75) is 32.2 Å². The molecule has 2 nitrogen and oxygen atoms in total. The Kier molecular flexibility index (Phi) is 5.02. The van der Waals surface area contributed by atoms with Crippen molar-refractivity contribution >= 4 is 17.4 Å². The number of nitrogens with zero attached hydrogens (tertiary/aromatic N) is 2. The van der Waals surface area contributed by atoms with Gasteiger partial charge in [0.25, 0.3) is 0 Å². The summed E-state index contributed by atoms with van der Waals surface area (Å²) in [5, 5.41) is 0. The van der Waals surface area contributed by atoms with E-state index in [1.165, 1.54) is 5.56 Å². The van der Waals surface area contributed by atoms with E-state index in [0.717, 1.165) is 23.6 Å². The van der Waals surface area contributed by atoms with Gasteiger partial charge >= 0.3 is 0 Å². The Labute approximate surface area is 126 Å². The van der Waals surface area contributed by atoms with Gasteiger partial charge in [-0.2, -0.15) is 0 Å². The van der Waals surface area contributed by atoms with Crippen LogP contribution in [0.25, 0.3) is 0 Å². The molecule has 0 N–H and O–H groups in total. The number of aromatic nitrogens is 1. The second kappa shape index (κ2) is 6.76. The quantitative estimate of drug-likeness (QED) is 0.749. The summed E-state index contributed by atoms with van der Waals surface area (Å²) >= 11 is 5.99. The molecule has 3 heteroatoms. The molecule has 0 fully saturated rings. The second-order valence-corrected chi connectivity index (χ2v) is 5.66. The lowest BCUT2D eigenvalue weighted by molar-refractivity contribution is 0.803. The van der Waals surface area contributed by atoms with Crippen LogP contribution in [-0.2, 0) is 12.4 Å². The van der Waals surface area contributed by atoms with Gasteiger partial charge < -0.3 is 4.90 Å². The van der Waals surface area contributed by atoms with Gasteiger partial charge in [-0.25, -0.2) is 4.98 Å². The molecular formula is C17H21ClN2. The molecule has 1 aromatic heterocycles. The van der Waals surface area contributed by atoms with E-state index in [4.69, 9.17) is 16.6 Å². The monoisotopic (exact) mass is 288 g/mol. The standard InChI is InChI=1S/C17H21ClN2/c1-13(2)16-9-15(11-18)10-17(19-16)20(3)12-14-7-5-4-6-8-14/h4-10,13H,11-12H2,1-3H3. The van der Waals surface area contributed by atoms with Gasteiger partial charge in [0.05, 0.1) is 0 Å². The molecule has 1 aromatic carbocycles. The van der Waals surface area contributed by atoms with E-state index < -0.39 is 0 Å². The van der Waals surface area contributed by atoms with Crippen LogP contribution in [0, 0.1) is 0 Å². The Morgan fingerprint density at radius 3 is 2.40 bits per heavy atom. The van der Waals surface area contributed by atoms with Gasteiger partial charge in [0.15, 0.2) is 0 Å². The molecule has 0 aliphatic heterocycles. The molecule has 0 bridgehead atoms. The molecule has 0 atom stereocenters. The first-order valence-electron chi connectivity index (χ1n) is 6.92. The van der Waals surface area contributed by atoms with Crippen molar-refractivity contribution in [1.82, 2.24) is 4.98 Å². The SMILES string of the molecule is CC(C)c1cc(CCl)cc(N(C)Cc2ccccc2)n1. The van der Waals surface area contributed by atoms with Gasteiger partial charge in [-0.3, -0.25) is 0 Å². The summed E-state index contributed by atoms with van der Waals surface area (Å²) in [5.74, 6) is 1.91. The maximum atomic E-state index is 5.99. The number of halogens is 1. The zero-order valence-corrected chi connectivity index (χ0v) is 13.1. The van der Waals surface area contributed by atoms with Crippen LogP contribution in [0.3, 0.4) is 0 Å². The predicted molar refractivity (Wildman–Crippen MR) is 86.4 cm³/mol. The molecule has 0 radical (unpaired) electrons. The molecule has 0 spiro atoms. The summed E-state index contributed by atoms with van der Waals surface area (Å²) in [7, 11) is 2.07. The molecule has 106 valence electrons. The summed E-state index contributed by atoms with van der Waals surface area (Å²) in [4.78, 5) is 6.91. The first-order valence-corrected chi connectivity index (χ1v) is 7.45. The minimum absolute atomic E-state index is 0.405. The van der Waals surface area contributed by atoms with E-state index in [1.54, 1.807) is 0 Å². The van der Waals surface area contributed by atoms with Gasteiger partial charge in [-0.05, 0) is 29.2 Å². The smallest absolute Gasteiger partial charge is 0.129 e. The maximum absolute atomic E-state index is 5.99. The minimum atomic E-state index is 0.405.